The Hall–Kier alpha value is -0.120. The van der Waals surface area contributed by atoms with E-state index in [1.54, 1.807) is 6.92 Å². The van der Waals surface area contributed by atoms with Crippen LogP contribution in [0, 0.1) is 11.3 Å². The van der Waals surface area contributed by atoms with Gasteiger partial charge in [-0.3, -0.25) is 0 Å². The van der Waals surface area contributed by atoms with Gasteiger partial charge in [0, 0.05) is 12.5 Å². The van der Waals surface area contributed by atoms with Crippen LogP contribution in [0.3, 0.4) is 0 Å². The second kappa shape index (κ2) is 4.94. The maximum Gasteiger partial charge on any atom is 0.0846 e. The fraction of sp³-hybridized carbons (Fsp3) is 1.00. The van der Waals surface area contributed by atoms with E-state index >= 15 is 0 Å². The third-order valence-electron chi connectivity index (χ3n) is 2.09. The van der Waals surface area contributed by atoms with Crippen molar-refractivity contribution >= 4 is 0 Å². The van der Waals surface area contributed by atoms with Crippen molar-refractivity contribution in [2.24, 2.45) is 11.3 Å². The Kier molecular flexibility index (Phi) is 4.89. The highest BCUT2D eigenvalue weighted by Gasteiger charge is 2.26. The third kappa shape index (κ3) is 5.24. The average Bonchev–Trinajstić information content (AvgIpc) is 1.98. The molecule has 0 aliphatic rings. The van der Waals surface area contributed by atoms with Crippen LogP contribution >= 0.6 is 0 Å². The molecule has 0 unspecified atom stereocenters. The van der Waals surface area contributed by atoms with Gasteiger partial charge in [0.05, 0.1) is 12.2 Å². The minimum atomic E-state index is -0.829. The Morgan fingerprint density at radius 2 is 1.62 bits per heavy atom. The van der Waals surface area contributed by atoms with Crippen LogP contribution in [0.5, 0.6) is 0 Å². The lowest BCUT2D eigenvalue weighted by Crippen LogP contribution is -2.36. The van der Waals surface area contributed by atoms with Crippen molar-refractivity contribution in [3.63, 3.8) is 0 Å². The molecule has 3 nitrogen and oxygen atoms in total. The lowest BCUT2D eigenvalue weighted by molar-refractivity contribution is -0.0428. The van der Waals surface area contributed by atoms with Crippen molar-refractivity contribution in [1.29, 1.82) is 0 Å². The number of aliphatic hydroxyl groups excluding tert-OH is 3. The van der Waals surface area contributed by atoms with Gasteiger partial charge in [0.1, 0.15) is 0 Å². The number of rotatable bonds is 4. The van der Waals surface area contributed by atoms with E-state index in [1.165, 1.54) is 0 Å². The lowest BCUT2D eigenvalue weighted by Gasteiger charge is -2.28. The Balaban J connectivity index is 4.03. The summed E-state index contributed by atoms with van der Waals surface area (Å²) in [4.78, 5) is 0. The fourth-order valence-electron chi connectivity index (χ4n) is 1.24. The van der Waals surface area contributed by atoms with Gasteiger partial charge >= 0.3 is 0 Å². The molecule has 3 heteroatoms. The zero-order chi connectivity index (χ0) is 10.6. The summed E-state index contributed by atoms with van der Waals surface area (Å²) in [5.74, 6) is -0.266. The van der Waals surface area contributed by atoms with Gasteiger partial charge in [-0.2, -0.15) is 0 Å². The number of hydrogen-bond acceptors (Lipinski definition) is 3. The molecule has 0 heterocycles. The monoisotopic (exact) mass is 190 g/mol. The number of hydrogen-bond donors (Lipinski definition) is 3. The Morgan fingerprint density at radius 3 is 1.92 bits per heavy atom. The third-order valence-corrected chi connectivity index (χ3v) is 2.09. The molecule has 0 saturated heterocycles. The van der Waals surface area contributed by atoms with Crippen molar-refractivity contribution < 1.29 is 15.3 Å². The molecule has 0 aromatic carbocycles. The molecule has 13 heavy (non-hydrogen) atoms. The van der Waals surface area contributed by atoms with Crippen LogP contribution < -0.4 is 0 Å². The highest BCUT2D eigenvalue weighted by Crippen LogP contribution is 2.23. The van der Waals surface area contributed by atoms with Gasteiger partial charge in [0.25, 0.3) is 0 Å². The van der Waals surface area contributed by atoms with Gasteiger partial charge in [0.2, 0.25) is 0 Å². The highest BCUT2D eigenvalue weighted by atomic mass is 16.3. The first-order valence-electron chi connectivity index (χ1n) is 4.75. The quantitative estimate of drug-likeness (QED) is 0.613. The zero-order valence-corrected chi connectivity index (χ0v) is 8.99. The van der Waals surface area contributed by atoms with Crippen molar-refractivity contribution in [3.8, 4) is 0 Å². The van der Waals surface area contributed by atoms with Crippen LogP contribution in [0.1, 0.15) is 34.1 Å². The van der Waals surface area contributed by atoms with E-state index in [9.17, 15) is 10.2 Å². The summed E-state index contributed by atoms with van der Waals surface area (Å²) in [6.45, 7) is 7.64. The van der Waals surface area contributed by atoms with E-state index in [1.807, 2.05) is 20.8 Å². The van der Waals surface area contributed by atoms with Gasteiger partial charge in [0.15, 0.2) is 0 Å². The SMILES string of the molecule is C[C@H](CO)[C@H](O)[C@@H](O)CC(C)(C)C. The van der Waals surface area contributed by atoms with Gasteiger partial charge in [-0.15, -0.1) is 0 Å². The molecule has 0 spiro atoms. The first-order chi connectivity index (χ1) is 5.78. The van der Waals surface area contributed by atoms with Crippen LogP contribution in [-0.4, -0.2) is 34.1 Å². The van der Waals surface area contributed by atoms with E-state index in [0.29, 0.717) is 6.42 Å². The Bertz CT molecular complexity index is 140. The van der Waals surface area contributed by atoms with Crippen molar-refractivity contribution in [1.82, 2.24) is 0 Å². The first kappa shape index (κ1) is 12.9. The van der Waals surface area contributed by atoms with Gasteiger partial charge in [-0.1, -0.05) is 27.7 Å². The van der Waals surface area contributed by atoms with Gasteiger partial charge < -0.3 is 15.3 Å². The second-order valence-electron chi connectivity index (χ2n) is 4.98. The molecule has 0 saturated carbocycles. The molecule has 0 aliphatic carbocycles. The molecule has 0 fully saturated rings. The molecule has 0 aromatic rings. The fourth-order valence-corrected chi connectivity index (χ4v) is 1.24. The van der Waals surface area contributed by atoms with Gasteiger partial charge in [-0.05, 0) is 11.8 Å². The summed E-state index contributed by atoms with van der Waals surface area (Å²) in [5, 5.41) is 27.9. The lowest BCUT2D eigenvalue weighted by atomic mass is 9.85. The molecule has 0 aromatic heterocycles. The predicted molar refractivity (Wildman–Crippen MR) is 52.3 cm³/mol. The minimum Gasteiger partial charge on any atom is -0.396 e. The normalized spacial score (nSPS) is 19.6. The summed E-state index contributed by atoms with van der Waals surface area (Å²) in [6, 6.07) is 0. The standard InChI is InChI=1S/C10H22O3/c1-7(6-11)9(13)8(12)5-10(2,3)4/h7-9,11-13H,5-6H2,1-4H3/t7-,8+,9+/m1/s1. The second-order valence-corrected chi connectivity index (χ2v) is 4.98. The maximum absolute atomic E-state index is 9.59. The molecule has 3 N–H and O–H groups in total. The summed E-state index contributed by atoms with van der Waals surface area (Å²) in [7, 11) is 0. The molecule has 0 aliphatic heterocycles. The van der Waals surface area contributed by atoms with Gasteiger partial charge in [-0.25, -0.2) is 0 Å². The van der Waals surface area contributed by atoms with E-state index < -0.39 is 12.2 Å². The summed E-state index contributed by atoms with van der Waals surface area (Å²) >= 11 is 0. The van der Waals surface area contributed by atoms with E-state index in [4.69, 9.17) is 5.11 Å². The molecule has 0 bridgehead atoms. The Morgan fingerprint density at radius 1 is 1.15 bits per heavy atom. The predicted octanol–water partition coefficient (Wildman–Crippen LogP) is 0.773. The minimum absolute atomic E-state index is 0.00439. The van der Waals surface area contributed by atoms with Crippen LogP contribution in [0.25, 0.3) is 0 Å². The molecule has 0 rings (SSSR count). The molecule has 80 valence electrons. The smallest absolute Gasteiger partial charge is 0.0846 e. The van der Waals surface area contributed by atoms with Crippen molar-refractivity contribution in [3.05, 3.63) is 0 Å². The molecular formula is C10H22O3. The van der Waals surface area contributed by atoms with E-state index in [2.05, 4.69) is 0 Å². The van der Waals surface area contributed by atoms with E-state index in [0.717, 1.165) is 0 Å². The average molecular weight is 190 g/mol. The number of aliphatic hydroxyl groups is 3. The molecular weight excluding hydrogens is 168 g/mol. The summed E-state index contributed by atoms with van der Waals surface area (Å²) in [6.07, 6.45) is -1.04. The molecule has 0 radical (unpaired) electrons. The summed E-state index contributed by atoms with van der Waals surface area (Å²) < 4.78 is 0. The molecule has 3 atom stereocenters. The zero-order valence-electron chi connectivity index (χ0n) is 8.99. The topological polar surface area (TPSA) is 60.7 Å². The van der Waals surface area contributed by atoms with Crippen molar-refractivity contribution in [2.45, 2.75) is 46.3 Å². The van der Waals surface area contributed by atoms with Crippen LogP contribution in [-0.2, 0) is 0 Å². The maximum atomic E-state index is 9.59. The molecule has 0 amide bonds. The van der Waals surface area contributed by atoms with E-state index in [-0.39, 0.29) is 17.9 Å². The largest absolute Gasteiger partial charge is 0.396 e. The van der Waals surface area contributed by atoms with Crippen LogP contribution in [0.4, 0.5) is 0 Å². The van der Waals surface area contributed by atoms with Crippen LogP contribution in [0.15, 0.2) is 0 Å². The van der Waals surface area contributed by atoms with Crippen molar-refractivity contribution in [2.75, 3.05) is 6.61 Å². The first-order valence-corrected chi connectivity index (χ1v) is 4.75. The Labute approximate surface area is 80.4 Å². The summed E-state index contributed by atoms with van der Waals surface area (Å²) in [5.41, 5.74) is -0.00439. The highest BCUT2D eigenvalue weighted by molar-refractivity contribution is 4.77. The van der Waals surface area contributed by atoms with Crippen LogP contribution in [0.2, 0.25) is 0 Å².